The molecule has 0 unspecified atom stereocenters. The number of imidazole rings is 1. The predicted octanol–water partition coefficient (Wildman–Crippen LogP) is 3.51. The predicted molar refractivity (Wildman–Crippen MR) is 70.8 cm³/mol. The number of hydrogen-bond donors (Lipinski definition) is 0. The summed E-state index contributed by atoms with van der Waals surface area (Å²) < 4.78 is 7.35. The lowest BCUT2D eigenvalue weighted by Crippen LogP contribution is -1.82. The van der Waals surface area contributed by atoms with Gasteiger partial charge in [0.25, 0.3) is 0 Å². The maximum Gasteiger partial charge on any atom is 0.212 e. The van der Waals surface area contributed by atoms with Gasteiger partial charge in [0.05, 0.1) is 23.7 Å². The van der Waals surface area contributed by atoms with Crippen molar-refractivity contribution in [2.24, 2.45) is 0 Å². The standard InChI is InChI=1S/C13H9N3OS/c1-8-7-16-13(14-8)18-12(15-16)10-4-2-3-9-5-6-17-11(9)10/h2-7H,1H3. The second kappa shape index (κ2) is 3.43. The highest BCUT2D eigenvalue weighted by Crippen LogP contribution is 2.32. The zero-order chi connectivity index (χ0) is 12.1. The Hall–Kier alpha value is -2.14. The fourth-order valence-electron chi connectivity index (χ4n) is 2.08. The second-order valence-corrected chi connectivity index (χ2v) is 5.12. The summed E-state index contributed by atoms with van der Waals surface area (Å²) in [6, 6.07) is 8.03. The lowest BCUT2D eigenvalue weighted by Gasteiger charge is -1.96. The van der Waals surface area contributed by atoms with Crippen LogP contribution in [0.2, 0.25) is 0 Å². The average molecular weight is 255 g/mol. The van der Waals surface area contributed by atoms with E-state index >= 15 is 0 Å². The molecule has 0 N–H and O–H groups in total. The molecule has 4 aromatic rings. The van der Waals surface area contributed by atoms with E-state index in [0.717, 1.165) is 32.2 Å². The molecule has 0 fully saturated rings. The van der Waals surface area contributed by atoms with Crippen LogP contribution in [0.3, 0.4) is 0 Å². The van der Waals surface area contributed by atoms with Gasteiger partial charge >= 0.3 is 0 Å². The molecule has 0 radical (unpaired) electrons. The Morgan fingerprint density at radius 2 is 2.22 bits per heavy atom. The smallest absolute Gasteiger partial charge is 0.212 e. The van der Waals surface area contributed by atoms with Crippen LogP contribution >= 0.6 is 11.3 Å². The van der Waals surface area contributed by atoms with E-state index in [4.69, 9.17) is 4.42 Å². The minimum atomic E-state index is 0.881. The maximum atomic E-state index is 5.54. The van der Waals surface area contributed by atoms with Gasteiger partial charge in [0.15, 0.2) is 5.01 Å². The summed E-state index contributed by atoms with van der Waals surface area (Å²) in [6.07, 6.45) is 3.63. The number of fused-ring (bicyclic) bond motifs is 2. The minimum Gasteiger partial charge on any atom is -0.464 e. The van der Waals surface area contributed by atoms with E-state index < -0.39 is 0 Å². The van der Waals surface area contributed by atoms with Crippen molar-refractivity contribution in [3.63, 3.8) is 0 Å². The fourth-order valence-corrected chi connectivity index (χ4v) is 3.03. The minimum absolute atomic E-state index is 0.881. The molecule has 4 nitrogen and oxygen atoms in total. The Kier molecular flexibility index (Phi) is 1.87. The number of benzene rings is 1. The Morgan fingerprint density at radius 1 is 1.28 bits per heavy atom. The van der Waals surface area contributed by atoms with Gasteiger partial charge in [0, 0.05) is 5.39 Å². The van der Waals surface area contributed by atoms with E-state index in [2.05, 4.69) is 10.1 Å². The van der Waals surface area contributed by atoms with Crippen molar-refractivity contribution in [2.45, 2.75) is 6.92 Å². The highest BCUT2D eigenvalue weighted by atomic mass is 32.1. The van der Waals surface area contributed by atoms with E-state index in [9.17, 15) is 0 Å². The topological polar surface area (TPSA) is 43.3 Å². The first-order valence-corrected chi connectivity index (χ1v) is 6.42. The third-order valence-corrected chi connectivity index (χ3v) is 3.83. The van der Waals surface area contributed by atoms with Crippen molar-refractivity contribution in [3.8, 4) is 10.6 Å². The Balaban J connectivity index is 2.00. The SMILES string of the molecule is Cc1cn2nc(-c3cccc4ccoc34)sc2n1. The number of aryl methyl sites for hydroxylation is 1. The summed E-state index contributed by atoms with van der Waals surface area (Å²) in [7, 11) is 0. The van der Waals surface area contributed by atoms with Crippen molar-refractivity contribution in [3.05, 3.63) is 42.4 Å². The van der Waals surface area contributed by atoms with Crippen molar-refractivity contribution >= 4 is 27.3 Å². The van der Waals surface area contributed by atoms with Crippen LogP contribution in [0.25, 0.3) is 26.5 Å². The number of aromatic nitrogens is 3. The zero-order valence-electron chi connectivity index (χ0n) is 9.62. The highest BCUT2D eigenvalue weighted by molar-refractivity contribution is 7.19. The molecular weight excluding hydrogens is 246 g/mol. The van der Waals surface area contributed by atoms with Crippen LogP contribution in [-0.2, 0) is 0 Å². The molecule has 88 valence electrons. The maximum absolute atomic E-state index is 5.54. The first kappa shape index (κ1) is 9.85. The molecule has 18 heavy (non-hydrogen) atoms. The number of rotatable bonds is 1. The molecule has 3 aromatic heterocycles. The molecule has 5 heteroatoms. The van der Waals surface area contributed by atoms with Gasteiger partial charge in [-0.2, -0.15) is 5.10 Å². The van der Waals surface area contributed by atoms with Gasteiger partial charge in [-0.05, 0) is 19.1 Å². The second-order valence-electron chi connectivity index (χ2n) is 4.16. The molecule has 0 saturated carbocycles. The zero-order valence-corrected chi connectivity index (χ0v) is 10.4. The summed E-state index contributed by atoms with van der Waals surface area (Å²) in [5.74, 6) is 0. The van der Waals surface area contributed by atoms with Gasteiger partial charge in [-0.15, -0.1) is 0 Å². The molecule has 0 aliphatic heterocycles. The molecule has 0 saturated heterocycles. The molecule has 3 heterocycles. The molecule has 0 spiro atoms. The Labute approximate surface area is 106 Å². The molecule has 0 amide bonds. The van der Waals surface area contributed by atoms with Gasteiger partial charge in [-0.25, -0.2) is 9.50 Å². The van der Waals surface area contributed by atoms with Gasteiger partial charge in [-0.3, -0.25) is 0 Å². The first-order chi connectivity index (χ1) is 8.81. The normalized spacial score (nSPS) is 11.6. The summed E-state index contributed by atoms with van der Waals surface area (Å²) in [5, 5.41) is 6.57. The quantitative estimate of drug-likeness (QED) is 0.522. The number of furan rings is 1. The van der Waals surface area contributed by atoms with Crippen molar-refractivity contribution in [2.75, 3.05) is 0 Å². The van der Waals surface area contributed by atoms with E-state index in [1.165, 1.54) is 0 Å². The van der Waals surface area contributed by atoms with Gasteiger partial charge < -0.3 is 4.42 Å². The Morgan fingerprint density at radius 3 is 3.11 bits per heavy atom. The van der Waals surface area contributed by atoms with Crippen LogP contribution < -0.4 is 0 Å². The molecule has 0 aliphatic rings. The molecule has 4 rings (SSSR count). The van der Waals surface area contributed by atoms with Crippen LogP contribution in [0.5, 0.6) is 0 Å². The van der Waals surface area contributed by atoms with E-state index in [1.807, 2.05) is 41.9 Å². The Bertz CT molecular complexity index is 824. The van der Waals surface area contributed by atoms with Crippen molar-refractivity contribution in [1.29, 1.82) is 0 Å². The van der Waals surface area contributed by atoms with E-state index in [0.29, 0.717) is 0 Å². The van der Waals surface area contributed by atoms with Crippen LogP contribution in [0.1, 0.15) is 5.69 Å². The van der Waals surface area contributed by atoms with Crippen molar-refractivity contribution in [1.82, 2.24) is 14.6 Å². The summed E-state index contributed by atoms with van der Waals surface area (Å²) in [4.78, 5) is 5.32. The first-order valence-electron chi connectivity index (χ1n) is 5.61. The molecule has 0 bridgehead atoms. The van der Waals surface area contributed by atoms with Gasteiger partial charge in [0.2, 0.25) is 4.96 Å². The number of nitrogens with zero attached hydrogens (tertiary/aromatic N) is 3. The largest absolute Gasteiger partial charge is 0.464 e. The number of para-hydroxylation sites is 1. The number of hydrogen-bond acceptors (Lipinski definition) is 4. The third kappa shape index (κ3) is 1.31. The highest BCUT2D eigenvalue weighted by Gasteiger charge is 2.12. The summed E-state index contributed by atoms with van der Waals surface area (Å²) in [5.41, 5.74) is 2.88. The van der Waals surface area contributed by atoms with E-state index in [1.54, 1.807) is 17.6 Å². The van der Waals surface area contributed by atoms with Crippen LogP contribution in [0.15, 0.2) is 41.1 Å². The lowest BCUT2D eigenvalue weighted by atomic mass is 10.2. The molecular formula is C13H9N3OS. The van der Waals surface area contributed by atoms with Crippen LogP contribution in [0, 0.1) is 6.92 Å². The van der Waals surface area contributed by atoms with Crippen molar-refractivity contribution < 1.29 is 4.42 Å². The van der Waals surface area contributed by atoms with Gasteiger partial charge in [-0.1, -0.05) is 23.5 Å². The molecule has 0 atom stereocenters. The summed E-state index contributed by atoms with van der Waals surface area (Å²) in [6.45, 7) is 1.97. The monoisotopic (exact) mass is 255 g/mol. The van der Waals surface area contributed by atoms with Gasteiger partial charge in [0.1, 0.15) is 5.58 Å². The molecule has 1 aromatic carbocycles. The average Bonchev–Trinajstić information content (AvgIpc) is 3.00. The van der Waals surface area contributed by atoms with Crippen LogP contribution in [-0.4, -0.2) is 14.6 Å². The summed E-state index contributed by atoms with van der Waals surface area (Å²) >= 11 is 1.57. The van der Waals surface area contributed by atoms with E-state index in [-0.39, 0.29) is 0 Å². The van der Waals surface area contributed by atoms with Crippen LogP contribution in [0.4, 0.5) is 0 Å². The third-order valence-electron chi connectivity index (χ3n) is 2.87. The lowest BCUT2D eigenvalue weighted by molar-refractivity contribution is 0.616. The fraction of sp³-hybridized carbons (Fsp3) is 0.0769. The molecule has 0 aliphatic carbocycles.